The van der Waals surface area contributed by atoms with Crippen LogP contribution in [0.2, 0.25) is 0 Å². The van der Waals surface area contributed by atoms with Crippen molar-refractivity contribution in [2.24, 2.45) is 4.99 Å². The van der Waals surface area contributed by atoms with Crippen LogP contribution < -0.4 is 16.0 Å². The summed E-state index contributed by atoms with van der Waals surface area (Å²) in [6.45, 7) is 7.63. The van der Waals surface area contributed by atoms with Gasteiger partial charge < -0.3 is 20.4 Å². The Morgan fingerprint density at radius 1 is 1.00 bits per heavy atom. The van der Waals surface area contributed by atoms with E-state index in [9.17, 15) is 4.79 Å². The molecule has 7 heteroatoms. The van der Waals surface area contributed by atoms with Gasteiger partial charge in [0.25, 0.3) is 5.91 Å². The third-order valence-electron chi connectivity index (χ3n) is 5.51. The second kappa shape index (κ2) is 12.5. The van der Waals surface area contributed by atoms with Crippen molar-refractivity contribution in [3.8, 4) is 0 Å². The molecule has 0 fully saturated rings. The molecule has 1 amide bonds. The lowest BCUT2D eigenvalue weighted by Gasteiger charge is -2.30. The number of benzene rings is 2. The molecule has 0 aliphatic heterocycles. The number of hydrogen-bond donors (Lipinski definition) is 3. The number of likely N-dealkylation sites (N-methyl/N-ethyl adjacent to an activating group) is 1. The van der Waals surface area contributed by atoms with Gasteiger partial charge in [0.15, 0.2) is 11.7 Å². The first kappa shape index (κ1) is 24.1. The summed E-state index contributed by atoms with van der Waals surface area (Å²) < 4.78 is 5.15. The molecule has 33 heavy (non-hydrogen) atoms. The summed E-state index contributed by atoms with van der Waals surface area (Å²) in [4.78, 5) is 19.0. The second-order valence-corrected chi connectivity index (χ2v) is 7.59. The van der Waals surface area contributed by atoms with Crippen LogP contribution in [0.3, 0.4) is 0 Å². The number of aliphatic imine (C=N–C) groups is 1. The Kier molecular flexibility index (Phi) is 9.08. The molecule has 3 rings (SSSR count). The van der Waals surface area contributed by atoms with Crippen LogP contribution in [-0.2, 0) is 6.54 Å². The topological polar surface area (TPSA) is 81.9 Å². The molecule has 3 N–H and O–H groups in total. The minimum atomic E-state index is -0.272. The Balaban J connectivity index is 1.58. The lowest BCUT2D eigenvalue weighted by molar-refractivity contribution is 0.0996. The molecule has 174 valence electrons. The molecule has 0 aliphatic rings. The third-order valence-corrected chi connectivity index (χ3v) is 5.51. The van der Waals surface area contributed by atoms with Crippen molar-refractivity contribution in [3.05, 3.63) is 89.9 Å². The maximum Gasteiger partial charge on any atom is 0.291 e. The first-order chi connectivity index (χ1) is 16.1. The maximum absolute atomic E-state index is 12.2. The molecule has 0 saturated heterocycles. The van der Waals surface area contributed by atoms with Crippen LogP contribution >= 0.6 is 0 Å². The van der Waals surface area contributed by atoms with Gasteiger partial charge in [0.2, 0.25) is 0 Å². The molecular formula is C26H33N5O2. The van der Waals surface area contributed by atoms with Gasteiger partial charge in [0, 0.05) is 25.8 Å². The van der Waals surface area contributed by atoms with Crippen LogP contribution in [0, 0.1) is 0 Å². The number of carbonyl (C=O) groups excluding carboxylic acids is 1. The SMILES string of the molecule is CCN(CC)C(CNC(=NC)NCc1cccc(NC(=O)c2ccco2)c1)c1ccccc1. The quantitative estimate of drug-likeness (QED) is 0.319. The number of rotatable bonds is 10. The van der Waals surface area contributed by atoms with Crippen LogP contribution in [0.1, 0.15) is 41.6 Å². The molecule has 1 heterocycles. The van der Waals surface area contributed by atoms with Gasteiger partial charge in [-0.3, -0.25) is 14.7 Å². The molecule has 1 atom stereocenters. The van der Waals surface area contributed by atoms with Gasteiger partial charge in [-0.15, -0.1) is 0 Å². The predicted octanol–water partition coefficient (Wildman–Crippen LogP) is 4.28. The summed E-state index contributed by atoms with van der Waals surface area (Å²) in [6, 6.07) is 21.8. The average molecular weight is 448 g/mol. The van der Waals surface area contributed by atoms with E-state index in [1.54, 1.807) is 19.2 Å². The number of nitrogens with zero attached hydrogens (tertiary/aromatic N) is 2. The summed E-state index contributed by atoms with van der Waals surface area (Å²) in [5, 5.41) is 9.69. The van der Waals surface area contributed by atoms with Crippen LogP contribution in [0.15, 0.2) is 82.4 Å². The fourth-order valence-corrected chi connectivity index (χ4v) is 3.76. The summed E-state index contributed by atoms with van der Waals surface area (Å²) in [5.41, 5.74) is 3.02. The highest BCUT2D eigenvalue weighted by Crippen LogP contribution is 2.19. The highest BCUT2D eigenvalue weighted by molar-refractivity contribution is 6.02. The van der Waals surface area contributed by atoms with Crippen LogP contribution in [0.5, 0.6) is 0 Å². The molecule has 1 unspecified atom stereocenters. The van der Waals surface area contributed by atoms with Gasteiger partial charge in [0.05, 0.1) is 12.3 Å². The number of hydrogen-bond acceptors (Lipinski definition) is 4. The maximum atomic E-state index is 12.2. The lowest BCUT2D eigenvalue weighted by Crippen LogP contribution is -2.43. The van der Waals surface area contributed by atoms with E-state index in [0.717, 1.165) is 31.2 Å². The van der Waals surface area contributed by atoms with Gasteiger partial charge >= 0.3 is 0 Å². The number of amides is 1. The molecule has 0 saturated carbocycles. The highest BCUT2D eigenvalue weighted by Gasteiger charge is 2.18. The van der Waals surface area contributed by atoms with E-state index in [1.165, 1.54) is 11.8 Å². The van der Waals surface area contributed by atoms with E-state index < -0.39 is 0 Å². The molecule has 0 bridgehead atoms. The lowest BCUT2D eigenvalue weighted by atomic mass is 10.1. The third kappa shape index (κ3) is 6.95. The zero-order valence-corrected chi connectivity index (χ0v) is 19.5. The predicted molar refractivity (Wildman–Crippen MR) is 133 cm³/mol. The first-order valence-corrected chi connectivity index (χ1v) is 11.3. The Labute approximate surface area is 195 Å². The van der Waals surface area contributed by atoms with Crippen molar-refractivity contribution < 1.29 is 9.21 Å². The molecule has 3 aromatic rings. The van der Waals surface area contributed by atoms with Crippen molar-refractivity contribution in [1.82, 2.24) is 15.5 Å². The summed E-state index contributed by atoms with van der Waals surface area (Å²) in [6.07, 6.45) is 1.48. The fraction of sp³-hybridized carbons (Fsp3) is 0.308. The van der Waals surface area contributed by atoms with Crippen molar-refractivity contribution in [3.63, 3.8) is 0 Å². The number of anilines is 1. The van der Waals surface area contributed by atoms with E-state index in [1.807, 2.05) is 30.3 Å². The molecule has 1 aromatic heterocycles. The highest BCUT2D eigenvalue weighted by atomic mass is 16.3. The van der Waals surface area contributed by atoms with E-state index >= 15 is 0 Å². The zero-order chi connectivity index (χ0) is 23.5. The number of furan rings is 1. The Morgan fingerprint density at radius 3 is 2.45 bits per heavy atom. The molecule has 2 aromatic carbocycles. The van der Waals surface area contributed by atoms with Crippen molar-refractivity contribution in [2.75, 3.05) is 32.0 Å². The molecule has 0 radical (unpaired) electrons. The summed E-state index contributed by atoms with van der Waals surface area (Å²) in [5.74, 6) is 0.739. The van der Waals surface area contributed by atoms with Gasteiger partial charge in [-0.25, -0.2) is 0 Å². The molecule has 7 nitrogen and oxygen atoms in total. The fourth-order valence-electron chi connectivity index (χ4n) is 3.76. The summed E-state index contributed by atoms with van der Waals surface area (Å²) >= 11 is 0. The van der Waals surface area contributed by atoms with E-state index in [0.29, 0.717) is 12.2 Å². The van der Waals surface area contributed by atoms with Crippen LogP contribution in [0.4, 0.5) is 5.69 Å². The van der Waals surface area contributed by atoms with Crippen LogP contribution in [0.25, 0.3) is 0 Å². The standard InChI is InChI=1S/C26H33N5O2/c1-4-31(5-2)23(21-12-7-6-8-13-21)19-29-26(27-3)28-18-20-11-9-14-22(17-20)30-25(32)24-15-10-16-33-24/h6-17,23H,4-5,18-19H2,1-3H3,(H,30,32)(H2,27,28,29). The Hall–Kier alpha value is -3.58. The van der Waals surface area contributed by atoms with Gasteiger partial charge in [-0.1, -0.05) is 56.3 Å². The minimum absolute atomic E-state index is 0.250. The number of carbonyl (C=O) groups is 1. The zero-order valence-electron chi connectivity index (χ0n) is 19.5. The van der Waals surface area contributed by atoms with E-state index in [4.69, 9.17) is 4.42 Å². The first-order valence-electron chi connectivity index (χ1n) is 11.3. The van der Waals surface area contributed by atoms with E-state index in [2.05, 4.69) is 64.0 Å². The Bertz CT molecular complexity index is 1010. The number of guanidine groups is 1. The average Bonchev–Trinajstić information content (AvgIpc) is 3.40. The molecular weight excluding hydrogens is 414 g/mol. The Morgan fingerprint density at radius 2 is 1.79 bits per heavy atom. The van der Waals surface area contributed by atoms with Gasteiger partial charge in [-0.05, 0) is 48.5 Å². The van der Waals surface area contributed by atoms with Crippen molar-refractivity contribution in [2.45, 2.75) is 26.4 Å². The smallest absolute Gasteiger partial charge is 0.291 e. The monoisotopic (exact) mass is 447 g/mol. The second-order valence-electron chi connectivity index (χ2n) is 7.59. The van der Waals surface area contributed by atoms with E-state index in [-0.39, 0.29) is 17.7 Å². The largest absolute Gasteiger partial charge is 0.459 e. The molecule has 0 spiro atoms. The normalized spacial score (nSPS) is 12.4. The van der Waals surface area contributed by atoms with Crippen LogP contribution in [-0.4, -0.2) is 43.4 Å². The van der Waals surface area contributed by atoms with Gasteiger partial charge in [0.1, 0.15) is 0 Å². The molecule has 0 aliphatic carbocycles. The minimum Gasteiger partial charge on any atom is -0.459 e. The van der Waals surface area contributed by atoms with Crippen molar-refractivity contribution in [1.29, 1.82) is 0 Å². The van der Waals surface area contributed by atoms with Crippen molar-refractivity contribution >= 4 is 17.6 Å². The summed E-state index contributed by atoms with van der Waals surface area (Å²) in [7, 11) is 1.77. The van der Waals surface area contributed by atoms with Gasteiger partial charge in [-0.2, -0.15) is 0 Å². The number of nitrogens with one attached hydrogen (secondary N) is 3.